The zero-order valence-corrected chi connectivity index (χ0v) is 8.98. The molecule has 0 N–H and O–H groups in total. The number of methoxy groups -OCH3 is 1. The van der Waals surface area contributed by atoms with Gasteiger partial charge in [0, 0.05) is 0 Å². The minimum atomic E-state index is -1.17. The lowest BCUT2D eigenvalue weighted by atomic mass is 10.1. The van der Waals surface area contributed by atoms with E-state index in [0.29, 0.717) is 0 Å². The highest BCUT2D eigenvalue weighted by molar-refractivity contribution is 6.31. The molecule has 0 aliphatic rings. The Bertz CT molecular complexity index is 446. The molecule has 0 atom stereocenters. The monoisotopic (exact) mass is 248 g/mol. The minimum Gasteiger partial charge on any atom is -0.469 e. The quantitative estimate of drug-likeness (QED) is 0.357. The van der Waals surface area contributed by atoms with Gasteiger partial charge in [-0.2, -0.15) is 0 Å². The van der Waals surface area contributed by atoms with E-state index < -0.39 is 35.4 Å². The van der Waals surface area contributed by atoms with Crippen molar-refractivity contribution in [1.82, 2.24) is 0 Å². The Morgan fingerprint density at radius 2 is 2.00 bits per heavy atom. The number of esters is 1. The SMILES string of the molecule is COC(=O)CC(=O)c1c(F)ccc(Cl)c1F. The molecule has 86 valence electrons. The van der Waals surface area contributed by atoms with Crippen molar-refractivity contribution < 1.29 is 23.1 Å². The topological polar surface area (TPSA) is 43.4 Å². The van der Waals surface area contributed by atoms with Gasteiger partial charge in [0.2, 0.25) is 0 Å². The number of ketones is 1. The van der Waals surface area contributed by atoms with E-state index in [4.69, 9.17) is 11.6 Å². The van der Waals surface area contributed by atoms with Crippen molar-refractivity contribution in [3.8, 4) is 0 Å². The molecule has 0 spiro atoms. The van der Waals surface area contributed by atoms with Gasteiger partial charge in [-0.15, -0.1) is 0 Å². The van der Waals surface area contributed by atoms with E-state index in [0.717, 1.165) is 19.2 Å². The van der Waals surface area contributed by atoms with Gasteiger partial charge in [0.15, 0.2) is 11.6 Å². The van der Waals surface area contributed by atoms with Gasteiger partial charge in [0.05, 0.1) is 17.7 Å². The van der Waals surface area contributed by atoms with Crippen molar-refractivity contribution in [1.29, 1.82) is 0 Å². The number of hydrogen-bond donors (Lipinski definition) is 0. The van der Waals surface area contributed by atoms with Crippen LogP contribution in [0.3, 0.4) is 0 Å². The fourth-order valence-corrected chi connectivity index (χ4v) is 1.23. The van der Waals surface area contributed by atoms with E-state index in [1.165, 1.54) is 0 Å². The van der Waals surface area contributed by atoms with Gasteiger partial charge in [-0.25, -0.2) is 8.78 Å². The second-order valence-electron chi connectivity index (χ2n) is 2.89. The largest absolute Gasteiger partial charge is 0.469 e. The maximum absolute atomic E-state index is 13.3. The smallest absolute Gasteiger partial charge is 0.313 e. The molecular weight excluding hydrogens is 242 g/mol. The van der Waals surface area contributed by atoms with E-state index in [1.54, 1.807) is 0 Å². The molecule has 0 saturated carbocycles. The minimum absolute atomic E-state index is 0.380. The number of Topliss-reactive ketones (excluding diaryl/α,β-unsaturated/α-hetero) is 1. The molecule has 0 bridgehead atoms. The predicted molar refractivity (Wildman–Crippen MR) is 52.3 cm³/mol. The predicted octanol–water partition coefficient (Wildman–Crippen LogP) is 2.36. The fraction of sp³-hybridized carbons (Fsp3) is 0.200. The zero-order valence-electron chi connectivity index (χ0n) is 8.22. The molecule has 1 aromatic carbocycles. The van der Waals surface area contributed by atoms with Crippen molar-refractivity contribution in [2.45, 2.75) is 6.42 Å². The molecular formula is C10H7ClF2O3. The third kappa shape index (κ3) is 2.55. The third-order valence-corrected chi connectivity index (χ3v) is 2.15. The standard InChI is InChI=1S/C10H7ClF2O3/c1-16-8(15)4-7(14)9-6(12)3-2-5(11)10(9)13/h2-3H,4H2,1H3. The van der Waals surface area contributed by atoms with Gasteiger partial charge in [0.25, 0.3) is 0 Å². The van der Waals surface area contributed by atoms with Crippen LogP contribution >= 0.6 is 11.6 Å². The van der Waals surface area contributed by atoms with Gasteiger partial charge in [-0.1, -0.05) is 11.6 Å². The summed E-state index contributed by atoms with van der Waals surface area (Å²) in [7, 11) is 1.07. The normalized spacial score (nSPS) is 10.0. The van der Waals surface area contributed by atoms with Crippen molar-refractivity contribution in [3.63, 3.8) is 0 Å². The lowest BCUT2D eigenvalue weighted by molar-refractivity contribution is -0.139. The molecule has 6 heteroatoms. The van der Waals surface area contributed by atoms with E-state index >= 15 is 0 Å². The van der Waals surface area contributed by atoms with E-state index in [9.17, 15) is 18.4 Å². The first-order valence-corrected chi connectivity index (χ1v) is 4.58. The first-order chi connectivity index (χ1) is 7.47. The third-order valence-electron chi connectivity index (χ3n) is 1.86. The lowest BCUT2D eigenvalue weighted by Gasteiger charge is -2.04. The van der Waals surface area contributed by atoms with Crippen LogP contribution in [-0.2, 0) is 9.53 Å². The average Bonchev–Trinajstić information content (AvgIpc) is 2.24. The Morgan fingerprint density at radius 1 is 1.38 bits per heavy atom. The Labute approximate surface area is 95.0 Å². The van der Waals surface area contributed by atoms with Crippen LogP contribution in [0.2, 0.25) is 5.02 Å². The van der Waals surface area contributed by atoms with Crippen LogP contribution in [0.5, 0.6) is 0 Å². The summed E-state index contributed by atoms with van der Waals surface area (Å²) in [6.07, 6.45) is -0.731. The molecule has 0 radical (unpaired) electrons. The van der Waals surface area contributed by atoms with Gasteiger partial charge >= 0.3 is 5.97 Å². The van der Waals surface area contributed by atoms with Crippen LogP contribution in [0.25, 0.3) is 0 Å². The van der Waals surface area contributed by atoms with Crippen molar-refractivity contribution in [3.05, 3.63) is 34.4 Å². The van der Waals surface area contributed by atoms with Crippen molar-refractivity contribution in [2.75, 3.05) is 7.11 Å². The second kappa shape index (κ2) is 5.03. The fourth-order valence-electron chi connectivity index (χ4n) is 1.07. The number of halogens is 3. The van der Waals surface area contributed by atoms with Gasteiger partial charge in [-0.05, 0) is 12.1 Å². The Kier molecular flexibility index (Phi) is 3.95. The summed E-state index contributed by atoms with van der Waals surface area (Å²) in [5.74, 6) is -4.11. The second-order valence-corrected chi connectivity index (χ2v) is 3.30. The molecule has 3 nitrogen and oxygen atoms in total. The van der Waals surface area contributed by atoms with Crippen LogP contribution in [-0.4, -0.2) is 18.9 Å². The molecule has 0 aromatic heterocycles. The number of carbonyl (C=O) groups is 2. The van der Waals surface area contributed by atoms with Crippen LogP contribution in [0.15, 0.2) is 12.1 Å². The molecule has 0 heterocycles. The summed E-state index contributed by atoms with van der Waals surface area (Å²) in [6.45, 7) is 0. The molecule has 0 unspecified atom stereocenters. The highest BCUT2D eigenvalue weighted by atomic mass is 35.5. The molecule has 0 fully saturated rings. The Hall–Kier alpha value is -1.49. The highest BCUT2D eigenvalue weighted by Gasteiger charge is 2.22. The lowest BCUT2D eigenvalue weighted by Crippen LogP contribution is -2.13. The van der Waals surface area contributed by atoms with Crippen molar-refractivity contribution >= 4 is 23.4 Å². The number of benzene rings is 1. The van der Waals surface area contributed by atoms with Crippen LogP contribution in [0, 0.1) is 11.6 Å². The van der Waals surface area contributed by atoms with Crippen molar-refractivity contribution in [2.24, 2.45) is 0 Å². The van der Waals surface area contributed by atoms with Crippen LogP contribution in [0.1, 0.15) is 16.8 Å². The summed E-state index contributed by atoms with van der Waals surface area (Å²) in [5, 5.41) is -0.380. The maximum Gasteiger partial charge on any atom is 0.313 e. The molecule has 1 aromatic rings. The number of rotatable bonds is 3. The van der Waals surface area contributed by atoms with Gasteiger partial charge < -0.3 is 4.74 Å². The summed E-state index contributed by atoms with van der Waals surface area (Å²) < 4.78 is 30.7. The average molecular weight is 249 g/mol. The number of ether oxygens (including phenoxy) is 1. The molecule has 0 saturated heterocycles. The summed E-state index contributed by atoms with van der Waals surface area (Å²) in [6, 6.07) is 1.84. The number of hydrogen-bond acceptors (Lipinski definition) is 3. The molecule has 0 aliphatic carbocycles. The number of carbonyl (C=O) groups excluding carboxylic acids is 2. The zero-order chi connectivity index (χ0) is 12.3. The summed E-state index contributed by atoms with van der Waals surface area (Å²) in [4.78, 5) is 22.2. The van der Waals surface area contributed by atoms with E-state index in [2.05, 4.69) is 4.74 Å². The Morgan fingerprint density at radius 3 is 2.56 bits per heavy atom. The Balaban J connectivity index is 3.08. The van der Waals surface area contributed by atoms with Crippen LogP contribution < -0.4 is 0 Å². The molecule has 16 heavy (non-hydrogen) atoms. The molecule has 1 rings (SSSR count). The van der Waals surface area contributed by atoms with Gasteiger partial charge in [-0.3, -0.25) is 9.59 Å². The molecule has 0 aliphatic heterocycles. The van der Waals surface area contributed by atoms with E-state index in [1.807, 2.05) is 0 Å². The summed E-state index contributed by atoms with van der Waals surface area (Å²) >= 11 is 5.39. The van der Waals surface area contributed by atoms with Gasteiger partial charge in [0.1, 0.15) is 12.2 Å². The first kappa shape index (κ1) is 12.6. The molecule has 0 amide bonds. The van der Waals surface area contributed by atoms with Crippen LogP contribution in [0.4, 0.5) is 8.78 Å². The maximum atomic E-state index is 13.3. The summed E-state index contributed by atoms with van der Waals surface area (Å²) in [5.41, 5.74) is -0.821. The highest BCUT2D eigenvalue weighted by Crippen LogP contribution is 2.22. The first-order valence-electron chi connectivity index (χ1n) is 4.21. The van der Waals surface area contributed by atoms with E-state index in [-0.39, 0.29) is 5.02 Å².